The van der Waals surface area contributed by atoms with E-state index in [-0.39, 0.29) is 0 Å². The summed E-state index contributed by atoms with van der Waals surface area (Å²) in [6.07, 6.45) is 6.58. The van der Waals surface area contributed by atoms with Crippen LogP contribution in [0.15, 0.2) is 0 Å². The second kappa shape index (κ2) is 11.4. The summed E-state index contributed by atoms with van der Waals surface area (Å²) >= 11 is 0. The van der Waals surface area contributed by atoms with Crippen LogP contribution in [0.3, 0.4) is 0 Å². The van der Waals surface area contributed by atoms with Crippen molar-refractivity contribution in [1.29, 1.82) is 0 Å². The van der Waals surface area contributed by atoms with Gasteiger partial charge in [-0.2, -0.15) is 0 Å². The standard InChI is InChI=1S/C7H14O.2HNO3/c8-6-7-4-2-1-3-5-7;2*2-1(3)4/h7-8H,1-6H2;2*(H,2,3,4). The van der Waals surface area contributed by atoms with E-state index < -0.39 is 10.2 Å². The van der Waals surface area contributed by atoms with Crippen LogP contribution in [0.1, 0.15) is 32.1 Å². The van der Waals surface area contributed by atoms with E-state index in [1.54, 1.807) is 0 Å². The summed E-state index contributed by atoms with van der Waals surface area (Å²) in [6, 6.07) is 0. The maximum atomic E-state index is 8.69. The molecule has 9 nitrogen and oxygen atoms in total. The molecule has 0 radical (unpaired) electrons. The first-order valence-electron chi connectivity index (χ1n) is 4.67. The monoisotopic (exact) mass is 240 g/mol. The number of hydrogen-bond donors (Lipinski definition) is 3. The zero-order chi connectivity index (χ0) is 13.0. The van der Waals surface area contributed by atoms with E-state index in [1.165, 1.54) is 32.1 Å². The van der Waals surface area contributed by atoms with Gasteiger partial charge in [-0.3, -0.25) is 0 Å². The van der Waals surface area contributed by atoms with Crippen LogP contribution in [0.25, 0.3) is 0 Å². The molecule has 1 saturated carbocycles. The highest BCUT2D eigenvalue weighted by Crippen LogP contribution is 2.22. The summed E-state index contributed by atoms with van der Waals surface area (Å²) in [7, 11) is 0. The number of aliphatic hydroxyl groups is 1. The fourth-order valence-electron chi connectivity index (χ4n) is 1.37. The van der Waals surface area contributed by atoms with Crippen LogP contribution >= 0.6 is 0 Å². The van der Waals surface area contributed by atoms with Crippen molar-refractivity contribution in [2.24, 2.45) is 5.92 Å². The van der Waals surface area contributed by atoms with Gasteiger partial charge >= 0.3 is 0 Å². The van der Waals surface area contributed by atoms with E-state index in [2.05, 4.69) is 0 Å². The average Bonchev–Trinajstić information content (AvgIpc) is 2.17. The highest BCUT2D eigenvalue weighted by molar-refractivity contribution is 4.63. The van der Waals surface area contributed by atoms with Gasteiger partial charge in [0, 0.05) is 6.61 Å². The summed E-state index contributed by atoms with van der Waals surface area (Å²) in [4.78, 5) is 16.7. The number of nitrogens with zero attached hydrogens (tertiary/aromatic N) is 2. The van der Waals surface area contributed by atoms with Crippen LogP contribution in [-0.4, -0.2) is 32.3 Å². The van der Waals surface area contributed by atoms with Gasteiger partial charge < -0.3 is 15.5 Å². The molecule has 0 unspecified atom stereocenters. The Morgan fingerprint density at radius 1 is 1.00 bits per heavy atom. The molecule has 0 aromatic heterocycles. The van der Waals surface area contributed by atoms with Gasteiger partial charge in [-0.15, -0.1) is 20.2 Å². The Morgan fingerprint density at radius 3 is 1.50 bits per heavy atom. The minimum absolute atomic E-state index is 0.417. The van der Waals surface area contributed by atoms with Crippen LogP contribution in [0.2, 0.25) is 0 Å². The first kappa shape index (κ1) is 16.8. The van der Waals surface area contributed by atoms with Crippen molar-refractivity contribution in [2.45, 2.75) is 32.1 Å². The minimum Gasteiger partial charge on any atom is -0.396 e. The van der Waals surface area contributed by atoms with E-state index in [9.17, 15) is 0 Å². The lowest BCUT2D eigenvalue weighted by Gasteiger charge is -2.18. The van der Waals surface area contributed by atoms with Crippen LogP contribution in [0.5, 0.6) is 0 Å². The van der Waals surface area contributed by atoms with Crippen molar-refractivity contribution in [3.8, 4) is 0 Å². The summed E-state index contributed by atoms with van der Waals surface area (Å²) in [5, 5.41) is 36.0. The summed E-state index contributed by atoms with van der Waals surface area (Å²) in [5.41, 5.74) is 0. The molecule has 0 aromatic rings. The molecule has 0 saturated heterocycles. The van der Waals surface area contributed by atoms with Crippen molar-refractivity contribution in [3.05, 3.63) is 20.2 Å². The predicted octanol–water partition coefficient (Wildman–Crippen LogP) is 0.864. The number of aliphatic hydroxyl groups excluding tert-OH is 1. The van der Waals surface area contributed by atoms with E-state index in [0.717, 1.165) is 0 Å². The van der Waals surface area contributed by atoms with E-state index in [1.807, 2.05) is 0 Å². The highest BCUT2D eigenvalue weighted by Gasteiger charge is 2.10. The molecule has 0 spiro atoms. The Morgan fingerprint density at radius 2 is 1.31 bits per heavy atom. The van der Waals surface area contributed by atoms with Crippen LogP contribution < -0.4 is 0 Å². The Balaban J connectivity index is 0. The van der Waals surface area contributed by atoms with E-state index in [0.29, 0.717) is 12.5 Å². The fourth-order valence-corrected chi connectivity index (χ4v) is 1.37. The fraction of sp³-hybridized carbons (Fsp3) is 1.00. The zero-order valence-corrected chi connectivity index (χ0v) is 8.69. The molecule has 16 heavy (non-hydrogen) atoms. The van der Waals surface area contributed by atoms with Crippen LogP contribution in [-0.2, 0) is 0 Å². The molecule has 0 heterocycles. The van der Waals surface area contributed by atoms with E-state index in [4.69, 9.17) is 35.7 Å². The molecule has 9 heteroatoms. The Bertz CT molecular complexity index is 173. The van der Waals surface area contributed by atoms with Gasteiger partial charge in [0.15, 0.2) is 0 Å². The maximum Gasteiger partial charge on any atom is 0.291 e. The van der Waals surface area contributed by atoms with Crippen LogP contribution in [0, 0.1) is 26.1 Å². The number of hydrogen-bond acceptors (Lipinski definition) is 5. The third-order valence-corrected chi connectivity index (χ3v) is 1.98. The highest BCUT2D eigenvalue weighted by atomic mass is 16.9. The second-order valence-corrected chi connectivity index (χ2v) is 3.16. The lowest BCUT2D eigenvalue weighted by molar-refractivity contribution is -0.742. The summed E-state index contributed by atoms with van der Waals surface area (Å²) < 4.78 is 0. The van der Waals surface area contributed by atoms with Gasteiger partial charge in [0.2, 0.25) is 0 Å². The summed E-state index contributed by atoms with van der Waals surface area (Å²) in [6.45, 7) is 0.417. The topological polar surface area (TPSA) is 147 Å². The van der Waals surface area contributed by atoms with Gasteiger partial charge in [0.1, 0.15) is 0 Å². The smallest absolute Gasteiger partial charge is 0.291 e. The van der Waals surface area contributed by atoms with Crippen LogP contribution in [0.4, 0.5) is 0 Å². The maximum absolute atomic E-state index is 8.69. The minimum atomic E-state index is -1.50. The molecule has 1 rings (SSSR count). The zero-order valence-electron chi connectivity index (χ0n) is 8.69. The molecular weight excluding hydrogens is 224 g/mol. The molecule has 0 aliphatic heterocycles. The molecule has 0 amide bonds. The Labute approximate surface area is 91.5 Å². The largest absolute Gasteiger partial charge is 0.396 e. The second-order valence-electron chi connectivity index (χ2n) is 3.16. The number of rotatable bonds is 1. The van der Waals surface area contributed by atoms with Gasteiger partial charge in [0.25, 0.3) is 10.2 Å². The van der Waals surface area contributed by atoms with Crippen molar-refractivity contribution in [2.75, 3.05) is 6.61 Å². The lowest BCUT2D eigenvalue weighted by atomic mass is 9.90. The van der Waals surface area contributed by atoms with Gasteiger partial charge in [0.05, 0.1) is 0 Å². The molecule has 1 aliphatic carbocycles. The molecule has 1 aliphatic rings. The molecule has 0 atom stereocenters. The first-order chi connectivity index (χ1) is 7.40. The van der Waals surface area contributed by atoms with Gasteiger partial charge in [-0.05, 0) is 18.8 Å². The van der Waals surface area contributed by atoms with Crippen molar-refractivity contribution in [3.63, 3.8) is 0 Å². The summed E-state index contributed by atoms with van der Waals surface area (Å²) in [5.74, 6) is 0.642. The normalized spacial score (nSPS) is 14.8. The molecule has 1 fully saturated rings. The lowest BCUT2D eigenvalue weighted by Crippen LogP contribution is -2.09. The third-order valence-electron chi connectivity index (χ3n) is 1.98. The Hall–Kier alpha value is -1.64. The van der Waals surface area contributed by atoms with E-state index >= 15 is 0 Å². The SMILES string of the molecule is O=[N+]([O-])O.O=[N+]([O-])O.OCC1CCCCC1. The van der Waals surface area contributed by atoms with Crippen molar-refractivity contribution in [1.82, 2.24) is 0 Å². The van der Waals surface area contributed by atoms with Crippen molar-refractivity contribution < 1.29 is 25.7 Å². The Kier molecular flexibility index (Phi) is 12.0. The average molecular weight is 240 g/mol. The molecular formula is C7H16N2O7. The molecule has 0 bridgehead atoms. The van der Waals surface area contributed by atoms with Gasteiger partial charge in [-0.1, -0.05) is 19.3 Å². The first-order valence-corrected chi connectivity index (χ1v) is 4.67. The third kappa shape index (κ3) is 22.8. The molecule has 96 valence electrons. The van der Waals surface area contributed by atoms with Gasteiger partial charge in [-0.25, -0.2) is 0 Å². The molecule has 0 aromatic carbocycles. The van der Waals surface area contributed by atoms with Crippen molar-refractivity contribution >= 4 is 0 Å². The quantitative estimate of drug-likeness (QED) is 0.454. The predicted molar refractivity (Wildman–Crippen MR) is 51.2 cm³/mol. The molecule has 3 N–H and O–H groups in total.